The Bertz CT molecular complexity index is 787. The average molecular weight is 319 g/mol. The highest BCUT2D eigenvalue weighted by Crippen LogP contribution is 2.23. The number of hydrogen-bond acceptors (Lipinski definition) is 3. The van der Waals surface area contributed by atoms with Crippen LogP contribution in [0.1, 0.15) is 16.8 Å². The molecule has 0 aliphatic heterocycles. The quantitative estimate of drug-likeness (QED) is 0.694. The molecule has 0 saturated carbocycles. The van der Waals surface area contributed by atoms with Crippen LogP contribution in [0.25, 0.3) is 6.08 Å². The fourth-order valence-corrected chi connectivity index (χ4v) is 2.19. The lowest BCUT2D eigenvalue weighted by Gasteiger charge is -2.03. The lowest BCUT2D eigenvalue weighted by molar-refractivity contribution is -0.114. The van der Waals surface area contributed by atoms with Crippen LogP contribution in [0.4, 0.5) is 4.39 Å². The summed E-state index contributed by atoms with van der Waals surface area (Å²) < 4.78 is 14.4. The topological polar surface area (TPSA) is 84.7 Å². The third kappa shape index (κ3) is 3.32. The minimum atomic E-state index is -0.829. The van der Waals surface area contributed by atoms with Gasteiger partial charge in [0.1, 0.15) is 22.6 Å². The highest BCUT2D eigenvalue weighted by Gasteiger charge is 2.14. The summed E-state index contributed by atoms with van der Waals surface area (Å²) in [6.45, 7) is 2.04. The molecule has 0 aliphatic rings. The van der Waals surface area contributed by atoms with E-state index in [1.807, 2.05) is 0 Å². The zero-order valence-corrected chi connectivity index (χ0v) is 12.4. The molecule has 112 valence electrons. The molecule has 0 atom stereocenters. The number of amides is 1. The van der Waals surface area contributed by atoms with Crippen molar-refractivity contribution in [2.45, 2.75) is 13.5 Å². The van der Waals surface area contributed by atoms with Gasteiger partial charge in [0.05, 0.1) is 12.2 Å². The van der Waals surface area contributed by atoms with Crippen molar-refractivity contribution in [2.75, 3.05) is 0 Å². The van der Waals surface area contributed by atoms with Gasteiger partial charge in [0.25, 0.3) is 5.91 Å². The number of aryl methyl sites for hydroxylation is 1. The molecule has 1 heterocycles. The summed E-state index contributed by atoms with van der Waals surface area (Å²) in [5.74, 6) is -1.15. The van der Waals surface area contributed by atoms with E-state index in [-0.39, 0.29) is 16.5 Å². The number of nitriles is 1. The van der Waals surface area contributed by atoms with Gasteiger partial charge in [-0.15, -0.1) is 0 Å². The molecule has 1 aromatic carbocycles. The average Bonchev–Trinajstić information content (AvgIpc) is 2.73. The first-order chi connectivity index (χ1) is 10.4. The fourth-order valence-electron chi connectivity index (χ4n) is 1.90. The molecular formula is C15H12ClFN4O. The Labute approximate surface area is 131 Å². The highest BCUT2D eigenvalue weighted by atomic mass is 35.5. The Balaban J connectivity index is 2.37. The first-order valence-electron chi connectivity index (χ1n) is 6.31. The Morgan fingerprint density at radius 3 is 2.68 bits per heavy atom. The lowest BCUT2D eigenvalue weighted by Crippen LogP contribution is -2.12. The third-order valence-electron chi connectivity index (χ3n) is 3.03. The van der Waals surface area contributed by atoms with Crippen LogP contribution in [0.15, 0.2) is 29.8 Å². The van der Waals surface area contributed by atoms with Crippen molar-refractivity contribution in [2.24, 2.45) is 5.73 Å². The standard InChI is InChI=1S/C15H12ClFN4O/c1-9-13(6-11(7-18)15(19)22)14(16)21(20-9)8-10-2-4-12(17)5-3-10/h2-6H,8H2,1H3,(H2,19,22)/b11-6+. The molecule has 2 N–H and O–H groups in total. The zero-order valence-electron chi connectivity index (χ0n) is 11.7. The lowest BCUT2D eigenvalue weighted by atomic mass is 10.1. The molecule has 0 bridgehead atoms. The number of benzene rings is 1. The highest BCUT2D eigenvalue weighted by molar-refractivity contribution is 6.31. The van der Waals surface area contributed by atoms with Crippen molar-refractivity contribution < 1.29 is 9.18 Å². The number of carbonyl (C=O) groups excluding carboxylic acids is 1. The van der Waals surface area contributed by atoms with Gasteiger partial charge in [0, 0.05) is 5.56 Å². The monoisotopic (exact) mass is 318 g/mol. The van der Waals surface area contributed by atoms with Crippen LogP contribution in [-0.2, 0) is 11.3 Å². The van der Waals surface area contributed by atoms with Crippen LogP contribution in [0.5, 0.6) is 0 Å². The Kier molecular flexibility index (Phi) is 4.59. The molecule has 0 spiro atoms. The van der Waals surface area contributed by atoms with E-state index in [1.165, 1.54) is 22.9 Å². The second-order valence-electron chi connectivity index (χ2n) is 4.61. The molecule has 2 aromatic rings. The van der Waals surface area contributed by atoms with Gasteiger partial charge in [-0.3, -0.25) is 4.79 Å². The SMILES string of the molecule is Cc1nn(Cc2ccc(F)cc2)c(Cl)c1/C=C(\C#N)C(N)=O. The normalized spacial score (nSPS) is 11.3. The van der Waals surface area contributed by atoms with E-state index in [0.717, 1.165) is 5.56 Å². The van der Waals surface area contributed by atoms with Gasteiger partial charge >= 0.3 is 0 Å². The molecule has 22 heavy (non-hydrogen) atoms. The first kappa shape index (κ1) is 15.7. The first-order valence-corrected chi connectivity index (χ1v) is 6.69. The predicted molar refractivity (Wildman–Crippen MR) is 80.3 cm³/mol. The number of carbonyl (C=O) groups is 1. The van der Waals surface area contributed by atoms with Gasteiger partial charge in [-0.1, -0.05) is 23.7 Å². The van der Waals surface area contributed by atoms with Gasteiger partial charge in [-0.05, 0) is 30.7 Å². The summed E-state index contributed by atoms with van der Waals surface area (Å²) in [7, 11) is 0. The molecule has 0 unspecified atom stereocenters. The van der Waals surface area contributed by atoms with Crippen LogP contribution in [0, 0.1) is 24.1 Å². The number of aromatic nitrogens is 2. The van der Waals surface area contributed by atoms with Crippen LogP contribution in [0.2, 0.25) is 5.15 Å². The maximum Gasteiger partial charge on any atom is 0.259 e. The fraction of sp³-hybridized carbons (Fsp3) is 0.133. The van der Waals surface area contributed by atoms with E-state index in [4.69, 9.17) is 22.6 Å². The molecule has 1 amide bonds. The number of nitrogens with zero attached hydrogens (tertiary/aromatic N) is 3. The van der Waals surface area contributed by atoms with Gasteiger partial charge in [0.15, 0.2) is 0 Å². The van der Waals surface area contributed by atoms with Crippen LogP contribution in [0.3, 0.4) is 0 Å². The largest absolute Gasteiger partial charge is 0.365 e. The molecule has 7 heteroatoms. The molecule has 0 saturated heterocycles. The summed E-state index contributed by atoms with van der Waals surface area (Å²) in [6.07, 6.45) is 1.31. The van der Waals surface area contributed by atoms with Crippen LogP contribution < -0.4 is 5.73 Å². The number of primary amides is 1. The predicted octanol–water partition coefficient (Wildman–Crippen LogP) is 2.42. The van der Waals surface area contributed by atoms with E-state index in [1.54, 1.807) is 25.1 Å². The van der Waals surface area contributed by atoms with Gasteiger partial charge < -0.3 is 5.73 Å². The molecule has 2 rings (SSSR count). The number of hydrogen-bond donors (Lipinski definition) is 1. The second-order valence-corrected chi connectivity index (χ2v) is 4.97. The van der Waals surface area contributed by atoms with Crippen molar-refractivity contribution in [1.29, 1.82) is 5.26 Å². The van der Waals surface area contributed by atoms with E-state index in [9.17, 15) is 9.18 Å². The van der Waals surface area contributed by atoms with Gasteiger partial charge in [-0.25, -0.2) is 9.07 Å². The van der Waals surface area contributed by atoms with E-state index in [2.05, 4.69) is 5.10 Å². The third-order valence-corrected chi connectivity index (χ3v) is 3.43. The second kappa shape index (κ2) is 6.41. The molecule has 5 nitrogen and oxygen atoms in total. The molecule has 1 aromatic heterocycles. The number of nitrogens with two attached hydrogens (primary N) is 1. The smallest absolute Gasteiger partial charge is 0.259 e. The van der Waals surface area contributed by atoms with Crippen molar-refractivity contribution in [1.82, 2.24) is 9.78 Å². The van der Waals surface area contributed by atoms with Crippen molar-refractivity contribution in [3.8, 4) is 6.07 Å². The summed E-state index contributed by atoms with van der Waals surface area (Å²) in [5.41, 5.74) is 6.73. The van der Waals surface area contributed by atoms with Crippen LogP contribution >= 0.6 is 11.6 Å². The number of halogens is 2. The van der Waals surface area contributed by atoms with E-state index >= 15 is 0 Å². The van der Waals surface area contributed by atoms with Gasteiger partial charge in [-0.2, -0.15) is 10.4 Å². The summed E-state index contributed by atoms with van der Waals surface area (Å²) >= 11 is 6.24. The summed E-state index contributed by atoms with van der Waals surface area (Å²) in [5, 5.41) is 13.4. The van der Waals surface area contributed by atoms with E-state index < -0.39 is 5.91 Å². The summed E-state index contributed by atoms with van der Waals surface area (Å²) in [6, 6.07) is 7.67. The Morgan fingerprint density at radius 1 is 1.50 bits per heavy atom. The van der Waals surface area contributed by atoms with Crippen LogP contribution in [-0.4, -0.2) is 15.7 Å². The minimum Gasteiger partial charge on any atom is -0.365 e. The molecule has 0 fully saturated rings. The Morgan fingerprint density at radius 2 is 2.14 bits per heavy atom. The molecular weight excluding hydrogens is 307 g/mol. The maximum atomic E-state index is 12.9. The number of rotatable bonds is 4. The zero-order chi connectivity index (χ0) is 16.3. The van der Waals surface area contributed by atoms with E-state index in [0.29, 0.717) is 17.8 Å². The minimum absolute atomic E-state index is 0.202. The van der Waals surface area contributed by atoms with Crippen molar-refractivity contribution >= 4 is 23.6 Å². The van der Waals surface area contributed by atoms with Gasteiger partial charge in [0.2, 0.25) is 0 Å². The maximum absolute atomic E-state index is 12.9. The Hall–Kier alpha value is -2.65. The molecule has 0 aliphatic carbocycles. The summed E-state index contributed by atoms with van der Waals surface area (Å²) in [4.78, 5) is 11.1. The molecule has 0 radical (unpaired) electrons. The van der Waals surface area contributed by atoms with Crippen molar-refractivity contribution in [3.05, 3.63) is 57.6 Å². The van der Waals surface area contributed by atoms with Crippen molar-refractivity contribution in [3.63, 3.8) is 0 Å².